The molecule has 2 rings (SSSR count). The highest BCUT2D eigenvalue weighted by Gasteiger charge is 2.07. The van der Waals surface area contributed by atoms with E-state index in [0.717, 1.165) is 15.8 Å². The van der Waals surface area contributed by atoms with Gasteiger partial charge < -0.3 is 15.4 Å². The maximum atomic E-state index is 13.1. The molecule has 0 bridgehead atoms. The molecule has 0 radical (unpaired) electrons. The van der Waals surface area contributed by atoms with Crippen LogP contribution in [0.3, 0.4) is 0 Å². The molecule has 122 valence electrons. The molecule has 0 aliphatic heterocycles. The first kappa shape index (κ1) is 17.6. The van der Waals surface area contributed by atoms with E-state index in [1.807, 2.05) is 18.2 Å². The summed E-state index contributed by atoms with van der Waals surface area (Å²) in [7, 11) is 1.60. The molecule has 4 nitrogen and oxygen atoms in total. The van der Waals surface area contributed by atoms with Crippen LogP contribution in [-0.4, -0.2) is 19.7 Å². The smallest absolute Gasteiger partial charge is 0.319 e. The van der Waals surface area contributed by atoms with Gasteiger partial charge in [0.25, 0.3) is 0 Å². The van der Waals surface area contributed by atoms with Crippen LogP contribution in [0.15, 0.2) is 40.9 Å². The number of hydrogen-bond donors (Lipinski definition) is 2. The Morgan fingerprint density at radius 3 is 2.78 bits per heavy atom. The minimum absolute atomic E-state index is 0.0401. The zero-order valence-electron chi connectivity index (χ0n) is 12.3. The van der Waals surface area contributed by atoms with E-state index in [1.165, 1.54) is 18.2 Å². The molecule has 7 heteroatoms. The topological polar surface area (TPSA) is 50.4 Å². The van der Waals surface area contributed by atoms with Crippen molar-refractivity contribution < 1.29 is 13.9 Å². The average molecular weight is 402 g/mol. The van der Waals surface area contributed by atoms with Crippen LogP contribution < -0.4 is 15.4 Å². The van der Waals surface area contributed by atoms with E-state index in [2.05, 4.69) is 26.6 Å². The molecule has 0 fully saturated rings. The first-order valence-corrected chi connectivity index (χ1v) is 7.99. The number of ether oxygens (including phenoxy) is 1. The number of anilines is 1. The zero-order chi connectivity index (χ0) is 16.8. The Morgan fingerprint density at radius 2 is 2.09 bits per heavy atom. The van der Waals surface area contributed by atoms with Gasteiger partial charge >= 0.3 is 6.03 Å². The highest BCUT2D eigenvalue weighted by atomic mass is 79.9. The molecule has 2 amide bonds. The molecule has 0 atom stereocenters. The second kappa shape index (κ2) is 8.17. The van der Waals surface area contributed by atoms with Gasteiger partial charge in [-0.3, -0.25) is 0 Å². The molecular weight excluding hydrogens is 387 g/mol. The van der Waals surface area contributed by atoms with E-state index >= 15 is 0 Å². The molecule has 0 aliphatic carbocycles. The van der Waals surface area contributed by atoms with Gasteiger partial charge in [0.05, 0.1) is 12.1 Å². The van der Waals surface area contributed by atoms with Gasteiger partial charge in [-0.25, -0.2) is 9.18 Å². The molecule has 0 aromatic heterocycles. The van der Waals surface area contributed by atoms with Gasteiger partial charge in [-0.15, -0.1) is 0 Å². The normalized spacial score (nSPS) is 10.3. The van der Waals surface area contributed by atoms with Gasteiger partial charge in [-0.2, -0.15) is 0 Å². The van der Waals surface area contributed by atoms with Crippen molar-refractivity contribution in [3.05, 3.63) is 57.3 Å². The van der Waals surface area contributed by atoms with Gasteiger partial charge in [0, 0.05) is 16.7 Å². The van der Waals surface area contributed by atoms with Gasteiger partial charge in [0.1, 0.15) is 11.6 Å². The number of carbonyl (C=O) groups is 1. The standard InChI is InChI=1S/C16H15BrClFN2O2/c1-23-15-5-2-11(17)8-10(15)6-7-20-16(22)21-12-3-4-14(19)13(18)9-12/h2-5,8-9H,6-7H2,1H3,(H2,20,21,22). The van der Waals surface area contributed by atoms with Gasteiger partial charge in [-0.05, 0) is 48.4 Å². The number of amides is 2. The Hall–Kier alpha value is -1.79. The van der Waals surface area contributed by atoms with Crippen LogP contribution in [0.1, 0.15) is 5.56 Å². The number of rotatable bonds is 5. The van der Waals surface area contributed by atoms with Crippen LogP contribution in [0, 0.1) is 5.82 Å². The lowest BCUT2D eigenvalue weighted by Crippen LogP contribution is -2.30. The zero-order valence-corrected chi connectivity index (χ0v) is 14.7. The molecule has 0 saturated carbocycles. The summed E-state index contributed by atoms with van der Waals surface area (Å²) in [5.41, 5.74) is 1.40. The summed E-state index contributed by atoms with van der Waals surface area (Å²) >= 11 is 9.07. The second-order valence-electron chi connectivity index (χ2n) is 4.72. The molecule has 0 aliphatic rings. The van der Waals surface area contributed by atoms with Crippen molar-refractivity contribution in [1.82, 2.24) is 5.32 Å². The fourth-order valence-electron chi connectivity index (χ4n) is 2.00. The summed E-state index contributed by atoms with van der Waals surface area (Å²) in [6.45, 7) is 0.424. The van der Waals surface area contributed by atoms with Crippen LogP contribution in [-0.2, 0) is 6.42 Å². The van der Waals surface area contributed by atoms with E-state index < -0.39 is 5.82 Å². The Morgan fingerprint density at radius 1 is 1.30 bits per heavy atom. The Kier molecular flexibility index (Phi) is 6.24. The lowest BCUT2D eigenvalue weighted by atomic mass is 10.1. The van der Waals surface area contributed by atoms with Crippen molar-refractivity contribution in [3.63, 3.8) is 0 Å². The fourth-order valence-corrected chi connectivity index (χ4v) is 2.59. The van der Waals surface area contributed by atoms with Crippen molar-refractivity contribution in [3.8, 4) is 5.75 Å². The number of benzene rings is 2. The minimum Gasteiger partial charge on any atom is -0.496 e. The first-order valence-electron chi connectivity index (χ1n) is 6.82. The van der Waals surface area contributed by atoms with Crippen LogP contribution in [0.2, 0.25) is 5.02 Å². The summed E-state index contributed by atoms with van der Waals surface area (Å²) in [6.07, 6.45) is 0.611. The highest BCUT2D eigenvalue weighted by molar-refractivity contribution is 9.10. The van der Waals surface area contributed by atoms with E-state index in [4.69, 9.17) is 16.3 Å². The number of hydrogen-bond acceptors (Lipinski definition) is 2. The Balaban J connectivity index is 1.87. The monoisotopic (exact) mass is 400 g/mol. The number of halogens is 3. The quantitative estimate of drug-likeness (QED) is 0.768. The van der Waals surface area contributed by atoms with E-state index in [0.29, 0.717) is 18.7 Å². The summed E-state index contributed by atoms with van der Waals surface area (Å²) in [5.74, 6) is 0.236. The van der Waals surface area contributed by atoms with Crippen molar-refractivity contribution in [2.75, 3.05) is 19.0 Å². The van der Waals surface area contributed by atoms with Crippen LogP contribution in [0.5, 0.6) is 5.75 Å². The summed E-state index contributed by atoms with van der Waals surface area (Å²) in [6, 6.07) is 9.30. The predicted molar refractivity (Wildman–Crippen MR) is 92.8 cm³/mol. The third-order valence-electron chi connectivity index (χ3n) is 3.10. The summed E-state index contributed by atoms with van der Waals surface area (Å²) in [5, 5.41) is 5.28. The van der Waals surface area contributed by atoms with Crippen molar-refractivity contribution in [2.24, 2.45) is 0 Å². The van der Waals surface area contributed by atoms with Crippen molar-refractivity contribution >= 4 is 39.2 Å². The third-order valence-corrected chi connectivity index (χ3v) is 3.88. The van der Waals surface area contributed by atoms with E-state index in [1.54, 1.807) is 7.11 Å². The van der Waals surface area contributed by atoms with Gasteiger partial charge in [0.2, 0.25) is 0 Å². The first-order chi connectivity index (χ1) is 11.0. The number of methoxy groups -OCH3 is 1. The van der Waals surface area contributed by atoms with Crippen LogP contribution >= 0.6 is 27.5 Å². The maximum Gasteiger partial charge on any atom is 0.319 e. The van der Waals surface area contributed by atoms with Crippen LogP contribution in [0.4, 0.5) is 14.9 Å². The molecule has 2 aromatic rings. The Labute approximate surface area is 147 Å². The number of carbonyl (C=O) groups excluding carboxylic acids is 1. The lowest BCUT2D eigenvalue weighted by molar-refractivity contribution is 0.252. The molecule has 0 spiro atoms. The molecule has 23 heavy (non-hydrogen) atoms. The van der Waals surface area contributed by atoms with Crippen LogP contribution in [0.25, 0.3) is 0 Å². The third kappa shape index (κ3) is 5.11. The summed E-state index contributed by atoms with van der Waals surface area (Å²) < 4.78 is 19.3. The summed E-state index contributed by atoms with van der Waals surface area (Å²) in [4.78, 5) is 11.8. The highest BCUT2D eigenvalue weighted by Crippen LogP contribution is 2.23. The minimum atomic E-state index is -0.528. The SMILES string of the molecule is COc1ccc(Br)cc1CCNC(=O)Nc1ccc(F)c(Cl)c1. The predicted octanol–water partition coefficient (Wildman–Crippen LogP) is 4.61. The molecule has 0 unspecified atom stereocenters. The van der Waals surface area contributed by atoms with Crippen molar-refractivity contribution in [2.45, 2.75) is 6.42 Å². The number of urea groups is 1. The molecule has 0 saturated heterocycles. The van der Waals surface area contributed by atoms with Crippen molar-refractivity contribution in [1.29, 1.82) is 0 Å². The fraction of sp³-hybridized carbons (Fsp3) is 0.188. The largest absolute Gasteiger partial charge is 0.496 e. The van der Waals surface area contributed by atoms with Gasteiger partial charge in [-0.1, -0.05) is 27.5 Å². The second-order valence-corrected chi connectivity index (χ2v) is 6.04. The molecule has 0 heterocycles. The lowest BCUT2D eigenvalue weighted by Gasteiger charge is -2.11. The average Bonchev–Trinajstić information content (AvgIpc) is 2.51. The Bertz CT molecular complexity index is 712. The van der Waals surface area contributed by atoms with Gasteiger partial charge in [0.15, 0.2) is 0 Å². The molecule has 2 aromatic carbocycles. The van der Waals surface area contributed by atoms with E-state index in [-0.39, 0.29) is 11.1 Å². The van der Waals surface area contributed by atoms with E-state index in [9.17, 15) is 9.18 Å². The molecular formula is C16H15BrClFN2O2. The molecule has 2 N–H and O–H groups in total. The number of nitrogens with one attached hydrogen (secondary N) is 2. The maximum absolute atomic E-state index is 13.1.